The first kappa shape index (κ1) is 21.7. The van der Waals surface area contributed by atoms with Gasteiger partial charge < -0.3 is 19.5 Å². The van der Waals surface area contributed by atoms with E-state index in [2.05, 4.69) is 5.32 Å². The van der Waals surface area contributed by atoms with Crippen LogP contribution < -0.4 is 14.8 Å². The Morgan fingerprint density at radius 1 is 1.03 bits per heavy atom. The molecular formula is C22H23N3O7S. The molecule has 3 aliphatic heterocycles. The molecular weight excluding hydrogens is 450 g/mol. The van der Waals surface area contributed by atoms with Crippen LogP contribution in [0.15, 0.2) is 47.4 Å². The quantitative estimate of drug-likeness (QED) is 0.653. The number of morpholine rings is 1. The van der Waals surface area contributed by atoms with E-state index in [9.17, 15) is 18.0 Å². The molecule has 0 aliphatic carbocycles. The van der Waals surface area contributed by atoms with Gasteiger partial charge in [-0.3, -0.25) is 9.69 Å². The van der Waals surface area contributed by atoms with Crippen LogP contribution in [0.1, 0.15) is 18.1 Å². The molecule has 0 aromatic heterocycles. The number of imide groups is 1. The van der Waals surface area contributed by atoms with Crippen molar-refractivity contribution < 1.29 is 32.2 Å². The highest BCUT2D eigenvalue weighted by molar-refractivity contribution is 7.89. The van der Waals surface area contributed by atoms with Crippen LogP contribution in [0.5, 0.6) is 11.5 Å². The SMILES string of the molecule is CC1(c2ccc3c(c2)OCO3)NC(=O)N(Cc2cccc(S(=O)(=O)N3CCOCC3)c2)C1=O. The summed E-state index contributed by atoms with van der Waals surface area (Å²) in [6.45, 7) is 2.94. The topological polar surface area (TPSA) is 114 Å². The fourth-order valence-electron chi connectivity index (χ4n) is 4.17. The van der Waals surface area contributed by atoms with Gasteiger partial charge >= 0.3 is 6.03 Å². The van der Waals surface area contributed by atoms with E-state index in [4.69, 9.17) is 14.2 Å². The summed E-state index contributed by atoms with van der Waals surface area (Å²) in [4.78, 5) is 27.2. The van der Waals surface area contributed by atoms with Crippen molar-refractivity contribution in [2.24, 2.45) is 0 Å². The molecule has 0 radical (unpaired) electrons. The molecule has 3 heterocycles. The number of sulfonamides is 1. The molecule has 3 amide bonds. The van der Waals surface area contributed by atoms with Gasteiger partial charge in [0.1, 0.15) is 5.54 Å². The third kappa shape index (κ3) is 3.71. The lowest BCUT2D eigenvalue weighted by atomic mass is 9.91. The monoisotopic (exact) mass is 473 g/mol. The second kappa shape index (κ2) is 8.01. The van der Waals surface area contributed by atoms with Gasteiger partial charge in [0.05, 0.1) is 24.7 Å². The van der Waals surface area contributed by atoms with Crippen LogP contribution in [0.25, 0.3) is 0 Å². The number of carbonyl (C=O) groups excluding carboxylic acids is 2. The number of hydrogen-bond acceptors (Lipinski definition) is 7. The second-order valence-electron chi connectivity index (χ2n) is 8.18. The first-order valence-corrected chi connectivity index (χ1v) is 11.9. The van der Waals surface area contributed by atoms with Crippen LogP contribution in [0.2, 0.25) is 0 Å². The van der Waals surface area contributed by atoms with Crippen LogP contribution >= 0.6 is 0 Å². The molecule has 33 heavy (non-hydrogen) atoms. The lowest BCUT2D eigenvalue weighted by Crippen LogP contribution is -2.41. The molecule has 1 unspecified atom stereocenters. The maximum absolute atomic E-state index is 13.3. The van der Waals surface area contributed by atoms with Crippen LogP contribution in [-0.4, -0.2) is 62.7 Å². The highest BCUT2D eigenvalue weighted by Gasteiger charge is 2.49. The summed E-state index contributed by atoms with van der Waals surface area (Å²) in [5.74, 6) is 0.650. The van der Waals surface area contributed by atoms with Crippen molar-refractivity contribution in [1.82, 2.24) is 14.5 Å². The summed E-state index contributed by atoms with van der Waals surface area (Å²) < 4.78 is 43.3. The first-order valence-electron chi connectivity index (χ1n) is 10.5. The number of hydrogen-bond donors (Lipinski definition) is 1. The Hall–Kier alpha value is -3.15. The number of fused-ring (bicyclic) bond motifs is 1. The average Bonchev–Trinajstić information content (AvgIpc) is 3.38. The van der Waals surface area contributed by atoms with Gasteiger partial charge in [0.2, 0.25) is 16.8 Å². The van der Waals surface area contributed by atoms with Crippen molar-refractivity contribution in [3.63, 3.8) is 0 Å². The Morgan fingerprint density at radius 3 is 2.58 bits per heavy atom. The minimum Gasteiger partial charge on any atom is -0.454 e. The zero-order valence-electron chi connectivity index (χ0n) is 17.9. The van der Waals surface area contributed by atoms with E-state index in [0.29, 0.717) is 35.8 Å². The van der Waals surface area contributed by atoms with E-state index in [1.165, 1.54) is 16.4 Å². The molecule has 0 saturated carbocycles. The maximum atomic E-state index is 13.3. The van der Waals surface area contributed by atoms with E-state index >= 15 is 0 Å². The summed E-state index contributed by atoms with van der Waals surface area (Å²) in [5.41, 5.74) is -0.186. The predicted molar refractivity (Wildman–Crippen MR) is 115 cm³/mol. The number of nitrogens with zero attached hydrogens (tertiary/aromatic N) is 2. The highest BCUT2D eigenvalue weighted by atomic mass is 32.2. The maximum Gasteiger partial charge on any atom is 0.325 e. The largest absolute Gasteiger partial charge is 0.454 e. The van der Waals surface area contributed by atoms with Crippen LogP contribution in [0, 0.1) is 0 Å². The lowest BCUT2D eigenvalue weighted by molar-refractivity contribution is -0.131. The molecule has 3 aliphatic rings. The normalized spacial score (nSPS) is 23.1. The molecule has 10 nitrogen and oxygen atoms in total. The number of amides is 3. The van der Waals surface area contributed by atoms with Crippen molar-refractivity contribution >= 4 is 22.0 Å². The molecule has 2 aromatic rings. The van der Waals surface area contributed by atoms with Crippen LogP contribution in [0.4, 0.5) is 4.79 Å². The summed E-state index contributed by atoms with van der Waals surface area (Å²) in [6, 6.07) is 10.8. The number of rotatable bonds is 5. The summed E-state index contributed by atoms with van der Waals surface area (Å²) in [6.07, 6.45) is 0. The molecule has 2 aromatic carbocycles. The zero-order valence-corrected chi connectivity index (χ0v) is 18.8. The Labute approximate surface area is 191 Å². The van der Waals surface area contributed by atoms with Crippen molar-refractivity contribution in [2.45, 2.75) is 23.9 Å². The smallest absolute Gasteiger partial charge is 0.325 e. The van der Waals surface area contributed by atoms with Crippen molar-refractivity contribution in [1.29, 1.82) is 0 Å². The Balaban J connectivity index is 1.38. The summed E-state index contributed by atoms with van der Waals surface area (Å²) >= 11 is 0. The lowest BCUT2D eigenvalue weighted by Gasteiger charge is -2.26. The standard InChI is InChI=1S/C22H23N3O7S/c1-22(16-5-6-18-19(12-16)32-14-31-18)20(26)25(21(27)23-22)13-15-3-2-4-17(11-15)33(28,29)24-7-9-30-10-8-24/h2-6,11-12H,7-10,13-14H2,1H3,(H,23,27). The van der Waals surface area contributed by atoms with Crippen LogP contribution in [0.3, 0.4) is 0 Å². The van der Waals surface area contributed by atoms with E-state index < -0.39 is 27.5 Å². The average molecular weight is 474 g/mol. The van der Waals surface area contributed by atoms with E-state index in [-0.39, 0.29) is 31.3 Å². The fraction of sp³-hybridized carbons (Fsp3) is 0.364. The number of carbonyl (C=O) groups is 2. The minimum atomic E-state index is -3.69. The predicted octanol–water partition coefficient (Wildman–Crippen LogP) is 1.40. The minimum absolute atomic E-state index is 0.0583. The van der Waals surface area contributed by atoms with Crippen LogP contribution in [-0.2, 0) is 31.6 Å². The zero-order chi connectivity index (χ0) is 23.2. The van der Waals surface area contributed by atoms with Gasteiger partial charge in [-0.25, -0.2) is 13.2 Å². The van der Waals surface area contributed by atoms with E-state index in [1.807, 2.05) is 0 Å². The van der Waals surface area contributed by atoms with Crippen molar-refractivity contribution in [3.05, 3.63) is 53.6 Å². The summed E-state index contributed by atoms with van der Waals surface area (Å²) in [5, 5.41) is 2.76. The molecule has 5 rings (SSSR count). The highest BCUT2D eigenvalue weighted by Crippen LogP contribution is 2.38. The molecule has 0 spiro atoms. The fourth-order valence-corrected chi connectivity index (χ4v) is 5.65. The molecule has 2 saturated heterocycles. The first-order chi connectivity index (χ1) is 15.8. The molecule has 1 N–H and O–H groups in total. The second-order valence-corrected chi connectivity index (χ2v) is 10.1. The third-order valence-electron chi connectivity index (χ3n) is 6.07. The molecule has 2 fully saturated rings. The summed E-state index contributed by atoms with van der Waals surface area (Å²) in [7, 11) is -3.69. The van der Waals surface area contributed by atoms with Gasteiger partial charge in [0.25, 0.3) is 5.91 Å². The molecule has 0 bridgehead atoms. The van der Waals surface area contributed by atoms with E-state index in [0.717, 1.165) is 4.90 Å². The number of ether oxygens (including phenoxy) is 3. The Bertz CT molecular complexity index is 1230. The van der Waals surface area contributed by atoms with Gasteiger partial charge in [-0.15, -0.1) is 0 Å². The molecule has 1 atom stereocenters. The third-order valence-corrected chi connectivity index (χ3v) is 7.97. The van der Waals surface area contributed by atoms with Gasteiger partial charge in [0, 0.05) is 13.1 Å². The Kier molecular flexibility index (Phi) is 5.26. The molecule has 174 valence electrons. The van der Waals surface area contributed by atoms with E-state index in [1.54, 1.807) is 37.3 Å². The van der Waals surface area contributed by atoms with Crippen molar-refractivity contribution in [3.8, 4) is 11.5 Å². The van der Waals surface area contributed by atoms with Gasteiger partial charge in [0.15, 0.2) is 11.5 Å². The van der Waals surface area contributed by atoms with Gasteiger partial charge in [-0.1, -0.05) is 18.2 Å². The Morgan fingerprint density at radius 2 is 1.79 bits per heavy atom. The number of nitrogens with one attached hydrogen (secondary N) is 1. The number of urea groups is 1. The number of benzene rings is 2. The van der Waals surface area contributed by atoms with Gasteiger partial charge in [-0.2, -0.15) is 4.31 Å². The molecule has 11 heteroatoms. The van der Waals surface area contributed by atoms with Crippen molar-refractivity contribution in [2.75, 3.05) is 33.1 Å². The van der Waals surface area contributed by atoms with Gasteiger partial charge in [-0.05, 0) is 42.3 Å².